The Balaban J connectivity index is 0.000000342. The van der Waals surface area contributed by atoms with Gasteiger partial charge in [-0.25, -0.2) is 14.4 Å². The highest BCUT2D eigenvalue weighted by Gasteiger charge is 2.25. The third-order valence-electron chi connectivity index (χ3n) is 10.5. The van der Waals surface area contributed by atoms with E-state index >= 15 is 0 Å². The Labute approximate surface area is 452 Å². The van der Waals surface area contributed by atoms with Gasteiger partial charge in [-0.1, -0.05) is 174 Å². The molecule has 0 aliphatic carbocycles. The van der Waals surface area contributed by atoms with Gasteiger partial charge in [0.15, 0.2) is 0 Å². The molecule has 0 fully saturated rings. The van der Waals surface area contributed by atoms with Crippen molar-refractivity contribution in [3.63, 3.8) is 0 Å². The average Bonchev–Trinajstić information content (AvgIpc) is 3.40. The first kappa shape index (κ1) is 65.1. The molecule has 0 aliphatic heterocycles. The van der Waals surface area contributed by atoms with E-state index in [1.54, 1.807) is 97.1 Å². The average molecular weight is 1080 g/mol. The second kappa shape index (κ2) is 35.3. The van der Waals surface area contributed by atoms with Crippen LogP contribution in [0.3, 0.4) is 0 Å². The van der Waals surface area contributed by atoms with Gasteiger partial charge in [0.05, 0.1) is 10.5 Å². The molecule has 0 bridgehead atoms. The largest absolute Gasteiger partial charge is 0.480 e. The van der Waals surface area contributed by atoms with Crippen LogP contribution in [0.15, 0.2) is 181 Å². The number of carboxylic acids is 2. The number of carbonyl (C=O) groups is 6. The normalized spacial score (nSPS) is 11.6. The maximum absolute atomic E-state index is 12.4. The van der Waals surface area contributed by atoms with Gasteiger partial charge in [-0.05, 0) is 104 Å². The van der Waals surface area contributed by atoms with Gasteiger partial charge >= 0.3 is 23.9 Å². The van der Waals surface area contributed by atoms with Crippen molar-refractivity contribution < 1.29 is 61.4 Å². The van der Waals surface area contributed by atoms with Crippen molar-refractivity contribution in [1.29, 1.82) is 0 Å². The summed E-state index contributed by atoms with van der Waals surface area (Å²) in [4.78, 5) is 69.1. The summed E-state index contributed by atoms with van der Waals surface area (Å²) < 4.78 is 40.1. The zero-order valence-corrected chi connectivity index (χ0v) is 45.5. The van der Waals surface area contributed by atoms with Crippen LogP contribution in [0.5, 0.6) is 0 Å². The molecule has 0 spiro atoms. The first-order valence-corrected chi connectivity index (χ1v) is 26.3. The second-order valence-electron chi connectivity index (χ2n) is 18.8. The van der Waals surface area contributed by atoms with E-state index in [2.05, 4.69) is 10.6 Å². The summed E-state index contributed by atoms with van der Waals surface area (Å²) in [7, 11) is -4.02. The molecule has 0 aliphatic rings. The van der Waals surface area contributed by atoms with Crippen LogP contribution in [-0.2, 0) is 47.2 Å². The SMILES string of the molecule is CC(C)C[C@H](N)C(=O)OCc1ccccc1.CC(C)C[C@H](NC(=O)c1ccccc1)C(=O)O.CC(C)C[C@H](NC(=O)c1ccccc1)C(=O)OCc1ccccc1.Cc1ccc(S(=O)(=O)O)cc1.O=C(O)c1ccccc1. The highest BCUT2D eigenvalue weighted by atomic mass is 32.2. The van der Waals surface area contributed by atoms with E-state index in [9.17, 15) is 37.2 Å². The molecule has 0 saturated carbocycles. The number of nitrogens with two attached hydrogens (primary N) is 1. The minimum atomic E-state index is -4.02. The first-order valence-electron chi connectivity index (χ1n) is 24.9. The number of ether oxygens (including phenoxy) is 2. The van der Waals surface area contributed by atoms with Crippen LogP contribution < -0.4 is 16.4 Å². The monoisotopic (exact) mass is 1080 g/mol. The summed E-state index contributed by atoms with van der Waals surface area (Å²) in [6.45, 7) is 14.3. The molecule has 2 amide bonds. The van der Waals surface area contributed by atoms with Gasteiger partial charge in [0.1, 0.15) is 31.3 Å². The summed E-state index contributed by atoms with van der Waals surface area (Å²) in [5.41, 5.74) is 9.90. The Morgan fingerprint density at radius 3 is 1.16 bits per heavy atom. The van der Waals surface area contributed by atoms with Crippen LogP contribution in [0, 0.1) is 24.7 Å². The number of nitrogens with one attached hydrogen (secondary N) is 2. The molecule has 16 nitrogen and oxygen atoms in total. The van der Waals surface area contributed by atoms with E-state index in [-0.39, 0.29) is 41.1 Å². The van der Waals surface area contributed by atoms with Gasteiger partial charge < -0.3 is 36.1 Å². The zero-order chi connectivity index (χ0) is 57.3. The van der Waals surface area contributed by atoms with Gasteiger partial charge in [-0.3, -0.25) is 18.9 Å². The minimum Gasteiger partial charge on any atom is -0.480 e. The molecule has 77 heavy (non-hydrogen) atoms. The van der Waals surface area contributed by atoms with Gasteiger partial charge in [0, 0.05) is 11.1 Å². The van der Waals surface area contributed by atoms with Crippen LogP contribution in [-0.4, -0.2) is 77.0 Å². The van der Waals surface area contributed by atoms with E-state index in [0.717, 1.165) is 16.7 Å². The predicted octanol–water partition coefficient (Wildman–Crippen LogP) is 10.2. The highest BCUT2D eigenvalue weighted by molar-refractivity contribution is 7.85. The molecule has 0 unspecified atom stereocenters. The number of aromatic carboxylic acids is 1. The number of hydrogen-bond donors (Lipinski definition) is 6. The number of esters is 2. The molecule has 0 saturated heterocycles. The number of amides is 2. The molecule has 6 rings (SSSR count). The maximum Gasteiger partial charge on any atom is 0.335 e. The topological polar surface area (TPSA) is 266 Å². The number of rotatable bonds is 19. The van der Waals surface area contributed by atoms with Crippen molar-refractivity contribution in [2.24, 2.45) is 23.5 Å². The van der Waals surface area contributed by atoms with Crippen molar-refractivity contribution >= 4 is 45.8 Å². The summed E-state index contributed by atoms with van der Waals surface area (Å²) >= 11 is 0. The predicted molar refractivity (Wildman–Crippen MR) is 296 cm³/mol. The van der Waals surface area contributed by atoms with E-state index < -0.39 is 46.2 Å². The lowest BCUT2D eigenvalue weighted by molar-refractivity contribution is -0.148. The van der Waals surface area contributed by atoms with Crippen LogP contribution in [0.25, 0.3) is 0 Å². The van der Waals surface area contributed by atoms with Crippen molar-refractivity contribution in [3.05, 3.63) is 209 Å². The standard InChI is InChI=1S/C20H23NO3.C13H17NO3.C13H19NO2.C7H8O3S.C7H6O2/c1-15(2)13-18(21-19(22)17-11-7-4-8-12-17)20(23)24-14-16-9-5-3-6-10-16;1-9(2)8-11(13(16)17)14-12(15)10-6-4-3-5-7-10;1-10(2)8-12(14)13(15)16-9-11-6-4-3-5-7-11;1-6-2-4-7(5-3-6)11(8,9)10;8-7(9)6-4-2-1-3-5-6/h3-12,15,18H,13-14H2,1-2H3,(H,21,22);3-7,9,11H,8H2,1-2H3,(H,14,15)(H,16,17);3-7,10,12H,8-9,14H2,1-2H3;2-5H,1H3,(H,8,9,10);1-5H,(H,8,9)/t18-;11-;12-;;/m000../s1. The van der Waals surface area contributed by atoms with Gasteiger partial charge in [0.2, 0.25) is 0 Å². The van der Waals surface area contributed by atoms with Crippen LogP contribution in [0.2, 0.25) is 0 Å². The molecular formula is C60H73N3O13S. The molecule has 17 heteroatoms. The fraction of sp³-hybridized carbons (Fsp3) is 0.300. The van der Waals surface area contributed by atoms with Crippen molar-refractivity contribution in [2.45, 2.75) is 104 Å². The highest BCUT2D eigenvalue weighted by Crippen LogP contribution is 2.12. The van der Waals surface area contributed by atoms with Crippen LogP contribution in [0.4, 0.5) is 0 Å². The minimum absolute atomic E-state index is 0.0666. The Kier molecular flexibility index (Phi) is 29.9. The Morgan fingerprint density at radius 1 is 0.481 bits per heavy atom. The smallest absolute Gasteiger partial charge is 0.335 e. The summed E-state index contributed by atoms with van der Waals surface area (Å²) in [6, 6.07) is 48.8. The fourth-order valence-electron chi connectivity index (χ4n) is 6.60. The maximum atomic E-state index is 12.4. The molecule has 0 heterocycles. The Bertz CT molecular complexity index is 2780. The van der Waals surface area contributed by atoms with Crippen molar-refractivity contribution in [3.8, 4) is 0 Å². The van der Waals surface area contributed by atoms with Crippen molar-refractivity contribution in [2.75, 3.05) is 0 Å². The molecular weight excluding hydrogens is 1000 g/mol. The van der Waals surface area contributed by atoms with E-state index in [4.69, 9.17) is 30.0 Å². The lowest BCUT2D eigenvalue weighted by Crippen LogP contribution is -2.42. The third-order valence-corrected chi connectivity index (χ3v) is 11.4. The lowest BCUT2D eigenvalue weighted by atomic mass is 10.0. The number of carboxylic acid groups (broad SMARTS) is 2. The second-order valence-corrected chi connectivity index (χ2v) is 20.2. The van der Waals surface area contributed by atoms with Gasteiger partial charge in [-0.15, -0.1) is 0 Å². The third kappa shape index (κ3) is 28.5. The van der Waals surface area contributed by atoms with Gasteiger partial charge in [-0.2, -0.15) is 8.42 Å². The summed E-state index contributed by atoms with van der Waals surface area (Å²) in [5.74, 6) is -2.34. The molecule has 0 aromatic heterocycles. The first-order chi connectivity index (χ1) is 36.5. The van der Waals surface area contributed by atoms with E-state index in [0.29, 0.717) is 48.5 Å². The Morgan fingerprint density at radius 2 is 0.818 bits per heavy atom. The van der Waals surface area contributed by atoms with Crippen LogP contribution >= 0.6 is 0 Å². The number of benzene rings is 6. The zero-order valence-electron chi connectivity index (χ0n) is 44.7. The van der Waals surface area contributed by atoms with Crippen LogP contribution in [0.1, 0.15) is 109 Å². The van der Waals surface area contributed by atoms with Crippen molar-refractivity contribution in [1.82, 2.24) is 10.6 Å². The molecule has 6 aromatic rings. The molecule has 0 radical (unpaired) electrons. The molecule has 412 valence electrons. The van der Waals surface area contributed by atoms with E-state index in [1.807, 2.05) is 115 Å². The number of hydrogen-bond acceptors (Lipinski definition) is 11. The quantitative estimate of drug-likeness (QED) is 0.0326. The fourth-order valence-corrected chi connectivity index (χ4v) is 7.08. The number of aliphatic carboxylic acids is 1. The Hall–Kier alpha value is -7.99. The summed E-state index contributed by atoms with van der Waals surface area (Å²) in [5, 5.41) is 22.7. The lowest BCUT2D eigenvalue weighted by Gasteiger charge is -2.19. The number of carbonyl (C=O) groups excluding carboxylic acids is 4. The summed E-state index contributed by atoms with van der Waals surface area (Å²) in [6.07, 6.45) is 1.62. The van der Waals surface area contributed by atoms with E-state index in [1.165, 1.54) is 12.1 Å². The molecule has 6 aromatic carbocycles. The molecule has 3 atom stereocenters. The molecule has 7 N–H and O–H groups in total. The number of aryl methyl sites for hydroxylation is 1. The van der Waals surface area contributed by atoms with Gasteiger partial charge in [0.25, 0.3) is 21.9 Å².